The number of carbonyl (C=O) groups is 2. The number of nitrogens with zero attached hydrogens (tertiary/aromatic N) is 4. The molecule has 1 aliphatic rings. The molecule has 1 aliphatic carbocycles. The summed E-state index contributed by atoms with van der Waals surface area (Å²) in [4.78, 5) is 29.4. The van der Waals surface area contributed by atoms with Crippen molar-refractivity contribution in [3.8, 4) is 11.5 Å². The van der Waals surface area contributed by atoms with Crippen molar-refractivity contribution in [1.82, 2.24) is 25.2 Å². The molecule has 1 heterocycles. The summed E-state index contributed by atoms with van der Waals surface area (Å²) in [6, 6.07) is 12.0. The zero-order chi connectivity index (χ0) is 25.2. The molecule has 2 aromatic carbocycles. The van der Waals surface area contributed by atoms with Gasteiger partial charge in [-0.3, -0.25) is 9.59 Å². The number of para-hydroxylation sites is 2. The second kappa shape index (κ2) is 9.93. The molecule has 0 aliphatic heterocycles. The van der Waals surface area contributed by atoms with Crippen LogP contribution < -0.4 is 14.8 Å². The highest BCUT2D eigenvalue weighted by Gasteiger charge is 2.43. The summed E-state index contributed by atoms with van der Waals surface area (Å²) in [5.74, 6) is 0.478. The second-order valence-electron chi connectivity index (χ2n) is 9.48. The Morgan fingerprint density at radius 3 is 2.54 bits per heavy atom. The molecule has 1 N–H and O–H groups in total. The van der Waals surface area contributed by atoms with E-state index in [1.807, 2.05) is 57.2 Å². The normalized spacial score (nSPS) is 14.4. The van der Waals surface area contributed by atoms with E-state index in [0.29, 0.717) is 22.6 Å². The fourth-order valence-corrected chi connectivity index (χ4v) is 4.19. The molecule has 0 bridgehead atoms. The zero-order valence-electron chi connectivity index (χ0n) is 20.9. The molecule has 1 saturated carbocycles. The number of amides is 2. The molecule has 0 spiro atoms. The average molecular weight is 480 g/mol. The summed E-state index contributed by atoms with van der Waals surface area (Å²) in [5.41, 5.74) is 1.62. The third-order valence-corrected chi connectivity index (χ3v) is 6.53. The van der Waals surface area contributed by atoms with Crippen molar-refractivity contribution in [2.45, 2.75) is 64.2 Å². The van der Waals surface area contributed by atoms with Crippen LogP contribution in [0.3, 0.4) is 0 Å². The number of methoxy groups -OCH3 is 2. The van der Waals surface area contributed by atoms with Crippen LogP contribution >= 0.6 is 0 Å². The van der Waals surface area contributed by atoms with E-state index in [4.69, 9.17) is 9.47 Å². The van der Waals surface area contributed by atoms with Crippen molar-refractivity contribution in [1.29, 1.82) is 0 Å². The highest BCUT2D eigenvalue weighted by molar-refractivity contribution is 5.90. The van der Waals surface area contributed by atoms with Crippen LogP contribution in [0.1, 0.15) is 51.6 Å². The van der Waals surface area contributed by atoms with E-state index >= 15 is 0 Å². The van der Waals surface area contributed by atoms with Gasteiger partial charge in [-0.25, -0.2) is 4.68 Å². The van der Waals surface area contributed by atoms with Gasteiger partial charge in [-0.15, -0.1) is 5.10 Å². The van der Waals surface area contributed by atoms with Gasteiger partial charge in [0.25, 0.3) is 0 Å². The van der Waals surface area contributed by atoms with Crippen LogP contribution in [0.5, 0.6) is 11.5 Å². The van der Waals surface area contributed by atoms with Crippen molar-refractivity contribution in [2.75, 3.05) is 14.2 Å². The lowest BCUT2D eigenvalue weighted by Gasteiger charge is -2.35. The second-order valence-corrected chi connectivity index (χ2v) is 9.48. The molecule has 186 valence electrons. The first-order valence-corrected chi connectivity index (χ1v) is 11.9. The molecule has 4 rings (SSSR count). The minimum absolute atomic E-state index is 0.0236. The molecule has 35 heavy (non-hydrogen) atoms. The van der Waals surface area contributed by atoms with Gasteiger partial charge in [-0.2, -0.15) is 0 Å². The van der Waals surface area contributed by atoms with E-state index in [0.717, 1.165) is 24.8 Å². The molecule has 0 radical (unpaired) electrons. The van der Waals surface area contributed by atoms with Gasteiger partial charge in [0, 0.05) is 17.1 Å². The topological polar surface area (TPSA) is 98.6 Å². The molecule has 1 fully saturated rings. The lowest BCUT2D eigenvalue weighted by atomic mass is 9.97. The minimum atomic E-state index is -0.888. The molecule has 2 amide bonds. The van der Waals surface area contributed by atoms with Crippen molar-refractivity contribution >= 4 is 22.8 Å². The molecular weight excluding hydrogens is 446 g/mol. The van der Waals surface area contributed by atoms with Crippen LogP contribution in [-0.2, 0) is 16.1 Å². The van der Waals surface area contributed by atoms with Crippen LogP contribution in [-0.4, -0.2) is 57.5 Å². The third-order valence-electron chi connectivity index (χ3n) is 6.53. The van der Waals surface area contributed by atoms with Crippen molar-refractivity contribution in [3.05, 3.63) is 48.0 Å². The summed E-state index contributed by atoms with van der Waals surface area (Å²) < 4.78 is 12.8. The number of ether oxygens (including phenoxy) is 2. The maximum absolute atomic E-state index is 13.8. The van der Waals surface area contributed by atoms with Crippen LogP contribution in [0.2, 0.25) is 0 Å². The highest BCUT2D eigenvalue weighted by Crippen LogP contribution is 2.41. The molecule has 1 atom stereocenters. The largest absolute Gasteiger partial charge is 0.493 e. The molecular formula is C26H33N5O4. The lowest BCUT2D eigenvalue weighted by Crippen LogP contribution is -2.51. The number of nitrogens with one attached hydrogen (secondary N) is 1. The maximum Gasteiger partial charge on any atom is 0.248 e. The summed E-state index contributed by atoms with van der Waals surface area (Å²) in [5, 5.41) is 11.5. The molecule has 0 saturated heterocycles. The fourth-order valence-electron chi connectivity index (χ4n) is 4.19. The van der Waals surface area contributed by atoms with Gasteiger partial charge in [0.05, 0.1) is 19.7 Å². The molecule has 3 aromatic rings. The standard InChI is InChI=1S/C26H33N5O4/c1-6-26(2,3)27-25(33)23(18-10-9-13-21(34-4)24(18)35-5)31(17-14-15-17)22(32)16-30-20-12-8-7-11-19(20)28-29-30/h7-13,17,23H,6,14-16H2,1-5H3,(H,27,33)/t23-/m0/s1. The van der Waals surface area contributed by atoms with Gasteiger partial charge < -0.3 is 19.7 Å². The van der Waals surface area contributed by atoms with Gasteiger partial charge >= 0.3 is 0 Å². The van der Waals surface area contributed by atoms with E-state index in [2.05, 4.69) is 15.6 Å². The molecule has 0 unspecified atom stereocenters. The number of carbonyl (C=O) groups excluding carboxylic acids is 2. The maximum atomic E-state index is 13.8. The number of fused-ring (bicyclic) bond motifs is 1. The first-order valence-electron chi connectivity index (χ1n) is 11.9. The summed E-state index contributed by atoms with van der Waals surface area (Å²) in [6.45, 7) is 5.93. The predicted molar refractivity (Wildman–Crippen MR) is 132 cm³/mol. The molecule has 9 heteroatoms. The Balaban J connectivity index is 1.76. The Bertz CT molecular complexity index is 1220. The van der Waals surface area contributed by atoms with Crippen LogP contribution in [0.4, 0.5) is 0 Å². The molecule has 9 nitrogen and oxygen atoms in total. The Labute approximate surface area is 205 Å². The van der Waals surface area contributed by atoms with Gasteiger partial charge in [-0.05, 0) is 51.3 Å². The number of aromatic nitrogens is 3. The Morgan fingerprint density at radius 1 is 1.14 bits per heavy atom. The molecule has 1 aromatic heterocycles. The van der Waals surface area contributed by atoms with Crippen LogP contribution in [0.15, 0.2) is 42.5 Å². The van der Waals surface area contributed by atoms with Crippen molar-refractivity contribution in [3.63, 3.8) is 0 Å². The Hall–Kier alpha value is -3.62. The van der Waals surface area contributed by atoms with E-state index in [9.17, 15) is 9.59 Å². The summed E-state index contributed by atoms with van der Waals surface area (Å²) >= 11 is 0. The monoisotopic (exact) mass is 479 g/mol. The van der Waals surface area contributed by atoms with Crippen LogP contribution in [0, 0.1) is 0 Å². The number of hydrogen-bond donors (Lipinski definition) is 1. The zero-order valence-corrected chi connectivity index (χ0v) is 20.9. The predicted octanol–water partition coefficient (Wildman–Crippen LogP) is 3.49. The number of rotatable bonds is 10. The van der Waals surface area contributed by atoms with Crippen molar-refractivity contribution < 1.29 is 19.1 Å². The number of benzene rings is 2. The van der Waals surface area contributed by atoms with E-state index in [1.165, 1.54) is 7.11 Å². The SMILES string of the molecule is CCC(C)(C)NC(=O)[C@H](c1cccc(OC)c1OC)N(C(=O)Cn1nnc2ccccc21)C1CC1. The fraction of sp³-hybridized carbons (Fsp3) is 0.462. The average Bonchev–Trinajstić information content (AvgIpc) is 3.61. The van der Waals surface area contributed by atoms with E-state index in [-0.39, 0.29) is 24.4 Å². The summed E-state index contributed by atoms with van der Waals surface area (Å²) in [6.07, 6.45) is 2.40. The number of hydrogen-bond acceptors (Lipinski definition) is 6. The Morgan fingerprint density at radius 2 is 1.89 bits per heavy atom. The smallest absolute Gasteiger partial charge is 0.248 e. The minimum Gasteiger partial charge on any atom is -0.493 e. The van der Waals surface area contributed by atoms with Gasteiger partial charge in [0.2, 0.25) is 11.8 Å². The summed E-state index contributed by atoms with van der Waals surface area (Å²) in [7, 11) is 3.09. The van der Waals surface area contributed by atoms with E-state index < -0.39 is 11.6 Å². The Kier molecular flexibility index (Phi) is 6.95. The van der Waals surface area contributed by atoms with Crippen molar-refractivity contribution in [2.24, 2.45) is 0 Å². The van der Waals surface area contributed by atoms with Crippen LogP contribution in [0.25, 0.3) is 11.0 Å². The highest BCUT2D eigenvalue weighted by atomic mass is 16.5. The third kappa shape index (κ3) is 5.08. The van der Waals surface area contributed by atoms with Gasteiger partial charge in [0.15, 0.2) is 11.5 Å². The quantitative estimate of drug-likeness (QED) is 0.478. The van der Waals surface area contributed by atoms with E-state index in [1.54, 1.807) is 22.8 Å². The van der Waals surface area contributed by atoms with Gasteiger partial charge in [0.1, 0.15) is 18.1 Å². The lowest BCUT2D eigenvalue weighted by molar-refractivity contribution is -0.143. The first kappa shape index (κ1) is 24.5. The van der Waals surface area contributed by atoms with Gasteiger partial charge in [-0.1, -0.05) is 36.4 Å². The first-order chi connectivity index (χ1) is 16.8.